The number of ether oxygens (including phenoxy) is 2. The van der Waals surface area contributed by atoms with Gasteiger partial charge in [0.15, 0.2) is 5.82 Å². The Balaban J connectivity index is 1.92. The molecule has 3 rings (SSSR count). The van der Waals surface area contributed by atoms with Crippen LogP contribution in [0.4, 0.5) is 4.79 Å². The number of H-pyrrole nitrogens is 1. The first kappa shape index (κ1) is 24.5. The number of para-hydroxylation sites is 2. The number of carbonyl (C=O) groups excluding carboxylic acids is 3. The summed E-state index contributed by atoms with van der Waals surface area (Å²) in [7, 11) is 1.33. The molecule has 180 valence electrons. The van der Waals surface area contributed by atoms with Crippen LogP contribution in [-0.4, -0.2) is 76.1 Å². The summed E-state index contributed by atoms with van der Waals surface area (Å²) in [5.74, 6) is -0.819. The van der Waals surface area contributed by atoms with E-state index in [9.17, 15) is 14.4 Å². The van der Waals surface area contributed by atoms with Gasteiger partial charge in [0.25, 0.3) is 5.91 Å². The molecular formula is C24H34N4O5. The molecule has 0 bridgehead atoms. The number of nitrogens with one attached hydrogen (secondary N) is 1. The summed E-state index contributed by atoms with van der Waals surface area (Å²) < 4.78 is 10.5. The van der Waals surface area contributed by atoms with Crippen molar-refractivity contribution in [2.45, 2.75) is 52.7 Å². The molecule has 1 aliphatic heterocycles. The molecule has 2 atom stereocenters. The van der Waals surface area contributed by atoms with Gasteiger partial charge in [0, 0.05) is 19.6 Å². The lowest BCUT2D eigenvalue weighted by Crippen LogP contribution is -2.57. The zero-order valence-electron chi connectivity index (χ0n) is 20.3. The lowest BCUT2D eigenvalue weighted by molar-refractivity contribution is -0.148. The topological polar surface area (TPSA) is 105 Å². The molecule has 1 aliphatic rings. The highest BCUT2D eigenvalue weighted by Gasteiger charge is 2.40. The van der Waals surface area contributed by atoms with Crippen molar-refractivity contribution in [3.8, 4) is 0 Å². The quantitative estimate of drug-likeness (QED) is 0.688. The number of likely N-dealkylation sites (tertiary alicyclic amines) is 1. The largest absolute Gasteiger partial charge is 0.469 e. The van der Waals surface area contributed by atoms with Crippen molar-refractivity contribution in [3.63, 3.8) is 0 Å². The van der Waals surface area contributed by atoms with Crippen molar-refractivity contribution < 1.29 is 23.9 Å². The molecule has 2 amide bonds. The summed E-state index contributed by atoms with van der Waals surface area (Å²) in [6.07, 6.45) is -0.119. The van der Waals surface area contributed by atoms with E-state index in [1.54, 1.807) is 25.7 Å². The van der Waals surface area contributed by atoms with Gasteiger partial charge in [-0.15, -0.1) is 0 Å². The van der Waals surface area contributed by atoms with Crippen molar-refractivity contribution >= 4 is 29.0 Å². The van der Waals surface area contributed by atoms with Gasteiger partial charge in [-0.2, -0.15) is 0 Å². The summed E-state index contributed by atoms with van der Waals surface area (Å²) >= 11 is 0. The third-order valence-corrected chi connectivity index (χ3v) is 5.47. The Labute approximate surface area is 194 Å². The fourth-order valence-corrected chi connectivity index (χ4v) is 4.09. The third-order valence-electron chi connectivity index (χ3n) is 5.47. The van der Waals surface area contributed by atoms with Crippen LogP contribution in [0.3, 0.4) is 0 Å². The highest BCUT2D eigenvalue weighted by atomic mass is 16.6. The molecule has 2 aromatic rings. The summed E-state index contributed by atoms with van der Waals surface area (Å²) in [6, 6.07) is 7.06. The number of hydrogen-bond donors (Lipinski definition) is 1. The molecule has 1 aromatic heterocycles. The molecule has 0 aliphatic carbocycles. The monoisotopic (exact) mass is 458 g/mol. The van der Waals surface area contributed by atoms with Gasteiger partial charge >= 0.3 is 12.1 Å². The maximum Gasteiger partial charge on any atom is 0.410 e. The number of amides is 2. The van der Waals surface area contributed by atoms with Crippen molar-refractivity contribution in [2.75, 3.05) is 26.7 Å². The van der Waals surface area contributed by atoms with E-state index in [1.165, 1.54) is 12.0 Å². The van der Waals surface area contributed by atoms with E-state index < -0.39 is 29.6 Å². The van der Waals surface area contributed by atoms with Crippen molar-refractivity contribution in [2.24, 2.45) is 11.8 Å². The maximum atomic E-state index is 13.6. The summed E-state index contributed by atoms with van der Waals surface area (Å²) in [4.78, 5) is 49.7. The van der Waals surface area contributed by atoms with Gasteiger partial charge in [0.1, 0.15) is 5.60 Å². The van der Waals surface area contributed by atoms with E-state index in [1.807, 2.05) is 38.1 Å². The number of fused-ring (bicyclic) bond motifs is 1. The van der Waals surface area contributed by atoms with E-state index in [-0.39, 0.29) is 30.7 Å². The average Bonchev–Trinajstić information content (AvgIpc) is 3.19. The van der Waals surface area contributed by atoms with Gasteiger partial charge in [-0.05, 0) is 45.2 Å². The number of carbonyl (C=O) groups is 3. The van der Waals surface area contributed by atoms with Crippen LogP contribution in [-0.2, 0) is 14.3 Å². The Kier molecular flexibility index (Phi) is 7.29. The number of nitrogens with zero attached hydrogens (tertiary/aromatic N) is 3. The summed E-state index contributed by atoms with van der Waals surface area (Å²) in [5, 5.41) is 0. The molecule has 0 radical (unpaired) electrons. The average molecular weight is 459 g/mol. The molecule has 1 saturated heterocycles. The highest BCUT2D eigenvalue weighted by molar-refractivity contribution is 5.94. The zero-order valence-corrected chi connectivity index (χ0v) is 20.3. The summed E-state index contributed by atoms with van der Waals surface area (Å²) in [5.41, 5.74) is 0.806. The minimum absolute atomic E-state index is 0.173. The highest BCUT2D eigenvalue weighted by Crippen LogP contribution is 2.26. The first-order chi connectivity index (χ1) is 15.5. The van der Waals surface area contributed by atoms with E-state index in [0.29, 0.717) is 18.5 Å². The minimum Gasteiger partial charge on any atom is -0.469 e. The maximum absolute atomic E-state index is 13.6. The fourth-order valence-electron chi connectivity index (χ4n) is 4.09. The molecule has 9 heteroatoms. The van der Waals surface area contributed by atoms with Crippen LogP contribution in [0.2, 0.25) is 0 Å². The summed E-state index contributed by atoms with van der Waals surface area (Å²) in [6.45, 7) is 10.3. The lowest BCUT2D eigenvalue weighted by atomic mass is 9.92. The molecule has 2 unspecified atom stereocenters. The predicted octanol–water partition coefficient (Wildman–Crippen LogP) is 3.46. The van der Waals surface area contributed by atoms with Crippen LogP contribution in [0.1, 0.15) is 51.7 Å². The molecule has 0 spiro atoms. The Morgan fingerprint density at radius 1 is 1.21 bits per heavy atom. The number of rotatable bonds is 5. The second-order valence-electron chi connectivity index (χ2n) is 9.95. The molecule has 1 aromatic carbocycles. The van der Waals surface area contributed by atoms with Crippen LogP contribution in [0.5, 0.6) is 0 Å². The van der Waals surface area contributed by atoms with Gasteiger partial charge in [0.05, 0.1) is 30.1 Å². The number of aromatic nitrogens is 2. The standard InChI is InChI=1S/C24H34N4O5/c1-15(2)12-28(21(29)20-25-18-9-7-8-10-19(18)26-20)17-11-16(22(30)32-6)13-27(14-17)23(31)33-24(3,4)5/h7-10,15-17H,11-14H2,1-6H3,(H,25,26). The number of benzene rings is 1. The molecule has 33 heavy (non-hydrogen) atoms. The number of methoxy groups -OCH3 is 1. The molecule has 0 saturated carbocycles. The SMILES string of the molecule is COC(=O)C1CC(N(CC(C)C)C(=O)c2nc3ccccc3[nH]2)CN(C(=O)OC(C)(C)C)C1. The number of aromatic amines is 1. The lowest BCUT2D eigenvalue weighted by Gasteiger charge is -2.42. The Morgan fingerprint density at radius 3 is 2.52 bits per heavy atom. The number of esters is 1. The Bertz CT molecular complexity index is 977. The molecule has 1 N–H and O–H groups in total. The van der Waals surface area contributed by atoms with E-state index in [4.69, 9.17) is 9.47 Å². The molecule has 9 nitrogen and oxygen atoms in total. The Morgan fingerprint density at radius 2 is 1.91 bits per heavy atom. The van der Waals surface area contributed by atoms with E-state index in [0.717, 1.165) is 5.52 Å². The fraction of sp³-hybridized carbons (Fsp3) is 0.583. The van der Waals surface area contributed by atoms with Gasteiger partial charge < -0.3 is 24.3 Å². The zero-order chi connectivity index (χ0) is 24.3. The van der Waals surface area contributed by atoms with Crippen molar-refractivity contribution in [1.82, 2.24) is 19.8 Å². The van der Waals surface area contributed by atoms with Crippen LogP contribution >= 0.6 is 0 Å². The molecule has 1 fully saturated rings. The van der Waals surface area contributed by atoms with Gasteiger partial charge in [-0.1, -0.05) is 26.0 Å². The van der Waals surface area contributed by atoms with Crippen molar-refractivity contribution in [1.29, 1.82) is 0 Å². The van der Waals surface area contributed by atoms with Crippen LogP contribution < -0.4 is 0 Å². The van der Waals surface area contributed by atoms with E-state index in [2.05, 4.69) is 9.97 Å². The van der Waals surface area contributed by atoms with Crippen molar-refractivity contribution in [3.05, 3.63) is 30.1 Å². The molecular weight excluding hydrogens is 424 g/mol. The minimum atomic E-state index is -0.674. The second kappa shape index (κ2) is 9.80. The van der Waals surface area contributed by atoms with Crippen LogP contribution in [0.25, 0.3) is 11.0 Å². The van der Waals surface area contributed by atoms with E-state index >= 15 is 0 Å². The third kappa shape index (κ3) is 6.03. The normalized spacial score (nSPS) is 18.9. The van der Waals surface area contributed by atoms with Crippen LogP contribution in [0.15, 0.2) is 24.3 Å². The van der Waals surface area contributed by atoms with Gasteiger partial charge in [-0.25, -0.2) is 9.78 Å². The first-order valence-electron chi connectivity index (χ1n) is 11.3. The van der Waals surface area contributed by atoms with Crippen LogP contribution in [0, 0.1) is 11.8 Å². The predicted molar refractivity (Wildman–Crippen MR) is 124 cm³/mol. The Hall–Kier alpha value is -3.10. The second-order valence-corrected chi connectivity index (χ2v) is 9.95. The number of piperidine rings is 1. The number of imidazole rings is 1. The molecule has 2 heterocycles. The van der Waals surface area contributed by atoms with Gasteiger partial charge in [-0.3, -0.25) is 9.59 Å². The first-order valence-corrected chi connectivity index (χ1v) is 11.3. The van der Waals surface area contributed by atoms with Gasteiger partial charge in [0.2, 0.25) is 0 Å². The smallest absolute Gasteiger partial charge is 0.410 e. The number of hydrogen-bond acceptors (Lipinski definition) is 6.